The van der Waals surface area contributed by atoms with Crippen LogP contribution in [0.4, 0.5) is 0 Å². The highest BCUT2D eigenvalue weighted by Crippen LogP contribution is 2.14. The molecule has 0 spiro atoms. The maximum atomic E-state index is 12.1. The number of benzene rings is 3. The minimum absolute atomic E-state index is 0.344. The van der Waals surface area contributed by atoms with E-state index in [9.17, 15) is 9.59 Å². The van der Waals surface area contributed by atoms with Gasteiger partial charge in [0.2, 0.25) is 0 Å². The van der Waals surface area contributed by atoms with Gasteiger partial charge in [0.25, 0.3) is 5.91 Å². The Hall–Kier alpha value is -3.93. The molecule has 3 aromatic rings. The van der Waals surface area contributed by atoms with Crippen LogP contribution >= 0.6 is 0 Å². The minimum Gasteiger partial charge on any atom is -0.497 e. The van der Waals surface area contributed by atoms with Crippen molar-refractivity contribution in [1.82, 2.24) is 5.43 Å². The van der Waals surface area contributed by atoms with Crippen molar-refractivity contribution in [2.45, 2.75) is 0 Å². The minimum atomic E-state index is -0.424. The molecule has 0 bridgehead atoms. The summed E-state index contributed by atoms with van der Waals surface area (Å²) in [6, 6.07) is 22.3. The lowest BCUT2D eigenvalue weighted by Gasteiger charge is -2.04. The van der Waals surface area contributed by atoms with Crippen molar-refractivity contribution in [3.8, 4) is 11.5 Å². The normalized spacial score (nSPS) is 10.5. The molecule has 3 aromatic carbocycles. The molecule has 28 heavy (non-hydrogen) atoms. The predicted octanol–water partition coefficient (Wildman–Crippen LogP) is 3.68. The molecule has 0 unspecified atom stereocenters. The number of rotatable bonds is 6. The van der Waals surface area contributed by atoms with E-state index < -0.39 is 5.97 Å². The molecular weight excluding hydrogens is 356 g/mol. The first-order chi connectivity index (χ1) is 13.7. The van der Waals surface area contributed by atoms with Crippen LogP contribution in [0.2, 0.25) is 0 Å². The summed E-state index contributed by atoms with van der Waals surface area (Å²) in [6.07, 6.45) is 1.50. The number of hydrazone groups is 1. The summed E-state index contributed by atoms with van der Waals surface area (Å²) in [5.41, 5.74) is 4.12. The fourth-order valence-electron chi connectivity index (χ4n) is 2.36. The highest BCUT2D eigenvalue weighted by molar-refractivity contribution is 5.95. The van der Waals surface area contributed by atoms with E-state index in [1.54, 1.807) is 72.8 Å². The SMILES string of the molecule is COc1cccc(C(=O)N/N=C\c2ccc(OC(=O)c3ccccc3)cc2)c1. The molecule has 0 saturated carbocycles. The van der Waals surface area contributed by atoms with Gasteiger partial charge in [-0.15, -0.1) is 0 Å². The van der Waals surface area contributed by atoms with E-state index in [1.165, 1.54) is 13.3 Å². The quantitative estimate of drug-likeness (QED) is 0.309. The Bertz CT molecular complexity index is 983. The van der Waals surface area contributed by atoms with Gasteiger partial charge in [0.15, 0.2) is 0 Å². The number of nitrogens with one attached hydrogen (secondary N) is 1. The van der Waals surface area contributed by atoms with Crippen molar-refractivity contribution in [1.29, 1.82) is 0 Å². The molecular formula is C22H18N2O4. The Morgan fingerprint density at radius 3 is 2.29 bits per heavy atom. The van der Waals surface area contributed by atoms with Gasteiger partial charge in [-0.25, -0.2) is 10.2 Å². The summed E-state index contributed by atoms with van der Waals surface area (Å²) >= 11 is 0. The molecule has 6 heteroatoms. The lowest BCUT2D eigenvalue weighted by molar-refractivity contribution is 0.0734. The molecule has 0 heterocycles. The highest BCUT2D eigenvalue weighted by Gasteiger charge is 2.07. The van der Waals surface area contributed by atoms with Gasteiger partial charge in [-0.05, 0) is 60.2 Å². The smallest absolute Gasteiger partial charge is 0.343 e. The van der Waals surface area contributed by atoms with Gasteiger partial charge < -0.3 is 9.47 Å². The van der Waals surface area contributed by atoms with Crippen LogP contribution in [0, 0.1) is 0 Å². The largest absolute Gasteiger partial charge is 0.497 e. The number of hydrogen-bond acceptors (Lipinski definition) is 5. The van der Waals surface area contributed by atoms with Gasteiger partial charge in [-0.1, -0.05) is 24.3 Å². The van der Waals surface area contributed by atoms with Crippen LogP contribution in [-0.4, -0.2) is 25.2 Å². The summed E-state index contributed by atoms with van der Waals surface area (Å²) < 4.78 is 10.4. The third kappa shape index (κ3) is 5.04. The van der Waals surface area contributed by atoms with Crippen LogP contribution in [0.3, 0.4) is 0 Å². The number of amides is 1. The molecule has 0 radical (unpaired) electrons. The van der Waals surface area contributed by atoms with E-state index in [4.69, 9.17) is 9.47 Å². The summed E-state index contributed by atoms with van der Waals surface area (Å²) in [5.74, 6) is 0.250. The monoisotopic (exact) mass is 374 g/mol. The zero-order valence-corrected chi connectivity index (χ0v) is 15.2. The fourth-order valence-corrected chi connectivity index (χ4v) is 2.36. The molecule has 0 aliphatic rings. The average molecular weight is 374 g/mol. The number of methoxy groups -OCH3 is 1. The van der Waals surface area contributed by atoms with Gasteiger partial charge in [0, 0.05) is 5.56 Å². The topological polar surface area (TPSA) is 77.0 Å². The first kappa shape index (κ1) is 18.8. The number of ether oxygens (including phenoxy) is 2. The van der Waals surface area contributed by atoms with Gasteiger partial charge in [0.1, 0.15) is 11.5 Å². The highest BCUT2D eigenvalue weighted by atomic mass is 16.5. The van der Waals surface area contributed by atoms with Crippen LogP contribution in [0.1, 0.15) is 26.3 Å². The summed E-state index contributed by atoms with van der Waals surface area (Å²) in [6.45, 7) is 0. The van der Waals surface area contributed by atoms with E-state index in [1.807, 2.05) is 6.07 Å². The summed E-state index contributed by atoms with van der Waals surface area (Å²) in [7, 11) is 1.54. The van der Waals surface area contributed by atoms with E-state index in [2.05, 4.69) is 10.5 Å². The Morgan fingerprint density at radius 2 is 1.57 bits per heavy atom. The number of esters is 1. The second-order valence-electron chi connectivity index (χ2n) is 5.76. The van der Waals surface area contributed by atoms with Crippen LogP contribution in [0.25, 0.3) is 0 Å². The third-order valence-corrected chi connectivity index (χ3v) is 3.81. The molecule has 0 aromatic heterocycles. The zero-order chi connectivity index (χ0) is 19.8. The van der Waals surface area contributed by atoms with Crippen molar-refractivity contribution < 1.29 is 19.1 Å². The first-order valence-electron chi connectivity index (χ1n) is 8.50. The molecule has 0 fully saturated rings. The summed E-state index contributed by atoms with van der Waals surface area (Å²) in [5, 5.41) is 3.94. The van der Waals surface area contributed by atoms with Gasteiger partial charge in [-0.2, -0.15) is 5.10 Å². The maximum absolute atomic E-state index is 12.1. The van der Waals surface area contributed by atoms with Gasteiger partial charge in [-0.3, -0.25) is 4.79 Å². The molecule has 1 amide bonds. The van der Waals surface area contributed by atoms with Crippen molar-refractivity contribution >= 4 is 18.1 Å². The maximum Gasteiger partial charge on any atom is 0.343 e. The average Bonchev–Trinajstić information content (AvgIpc) is 2.75. The lowest BCUT2D eigenvalue weighted by Crippen LogP contribution is -2.17. The van der Waals surface area contributed by atoms with Crippen LogP contribution in [0.5, 0.6) is 11.5 Å². The second kappa shape index (κ2) is 9.14. The number of hydrogen-bond donors (Lipinski definition) is 1. The van der Waals surface area contributed by atoms with Crippen LogP contribution < -0.4 is 14.9 Å². The van der Waals surface area contributed by atoms with Crippen molar-refractivity contribution in [2.75, 3.05) is 7.11 Å². The van der Waals surface area contributed by atoms with E-state index in [0.29, 0.717) is 22.6 Å². The van der Waals surface area contributed by atoms with Gasteiger partial charge in [0.05, 0.1) is 18.9 Å². The predicted molar refractivity (Wildman–Crippen MR) is 106 cm³/mol. The standard InChI is InChI=1S/C22H18N2O4/c1-27-20-9-5-8-18(14-20)21(25)24-23-15-16-10-12-19(13-11-16)28-22(26)17-6-3-2-4-7-17/h2-15H,1H3,(H,24,25)/b23-15-. The molecule has 3 rings (SSSR count). The molecule has 0 aliphatic carbocycles. The zero-order valence-electron chi connectivity index (χ0n) is 15.2. The molecule has 0 aliphatic heterocycles. The van der Waals surface area contributed by atoms with Gasteiger partial charge >= 0.3 is 5.97 Å². The fraction of sp³-hybridized carbons (Fsp3) is 0.0455. The second-order valence-corrected chi connectivity index (χ2v) is 5.76. The number of carbonyl (C=O) groups excluding carboxylic acids is 2. The van der Waals surface area contributed by atoms with Crippen LogP contribution in [-0.2, 0) is 0 Å². The Morgan fingerprint density at radius 1 is 0.857 bits per heavy atom. The molecule has 1 N–H and O–H groups in total. The first-order valence-corrected chi connectivity index (χ1v) is 8.50. The van der Waals surface area contributed by atoms with E-state index >= 15 is 0 Å². The summed E-state index contributed by atoms with van der Waals surface area (Å²) in [4.78, 5) is 24.1. The number of nitrogens with zero attached hydrogens (tertiary/aromatic N) is 1. The van der Waals surface area contributed by atoms with E-state index in [0.717, 1.165) is 5.56 Å². The Kier molecular flexibility index (Phi) is 6.15. The molecule has 140 valence electrons. The van der Waals surface area contributed by atoms with Crippen molar-refractivity contribution in [3.05, 3.63) is 95.6 Å². The Labute approximate surface area is 162 Å². The molecule has 0 saturated heterocycles. The molecule has 6 nitrogen and oxygen atoms in total. The van der Waals surface area contributed by atoms with Crippen molar-refractivity contribution in [3.63, 3.8) is 0 Å². The lowest BCUT2D eigenvalue weighted by atomic mass is 10.2. The van der Waals surface area contributed by atoms with Crippen molar-refractivity contribution in [2.24, 2.45) is 5.10 Å². The Balaban J connectivity index is 1.56. The van der Waals surface area contributed by atoms with Crippen LogP contribution in [0.15, 0.2) is 84.0 Å². The number of carbonyl (C=O) groups is 2. The molecule has 0 atom stereocenters. The van der Waals surface area contributed by atoms with E-state index in [-0.39, 0.29) is 5.91 Å². The third-order valence-electron chi connectivity index (χ3n) is 3.81.